The molecule has 1 atom stereocenters. The molecule has 0 bridgehead atoms. The number of carbonyl (C=O) groups is 1. The Hall–Kier alpha value is -3.15. The summed E-state index contributed by atoms with van der Waals surface area (Å²) in [6.07, 6.45) is -0.660. The van der Waals surface area contributed by atoms with Crippen LogP contribution in [0, 0.1) is 20.8 Å². The number of hydrogen-bond acceptors (Lipinski definition) is 6. The number of hydrogen-bond donors (Lipinski definition) is 0. The molecule has 140 valence electrons. The normalized spacial score (nSPS) is 11.9. The van der Waals surface area contributed by atoms with Gasteiger partial charge in [0.25, 0.3) is 5.89 Å². The van der Waals surface area contributed by atoms with E-state index in [1.165, 1.54) is 5.56 Å². The number of esters is 1. The van der Waals surface area contributed by atoms with Crippen molar-refractivity contribution in [2.45, 2.75) is 33.8 Å². The zero-order valence-corrected chi connectivity index (χ0v) is 15.9. The molecule has 6 nitrogen and oxygen atoms in total. The number of nitrogens with zero attached hydrogens (tertiary/aromatic N) is 2. The van der Waals surface area contributed by atoms with Crippen LogP contribution in [0.5, 0.6) is 5.75 Å². The molecule has 0 N–H and O–H groups in total. The van der Waals surface area contributed by atoms with Crippen LogP contribution in [0.3, 0.4) is 0 Å². The van der Waals surface area contributed by atoms with Gasteiger partial charge in [0.15, 0.2) is 12.7 Å². The molecule has 0 saturated carbocycles. The minimum Gasteiger partial charge on any atom is -0.482 e. The first-order valence-corrected chi connectivity index (χ1v) is 8.72. The average molecular weight is 366 g/mol. The molecule has 0 aliphatic carbocycles. The Kier molecular flexibility index (Phi) is 5.54. The number of carbonyl (C=O) groups excluding carboxylic acids is 1. The van der Waals surface area contributed by atoms with E-state index in [-0.39, 0.29) is 12.5 Å². The third kappa shape index (κ3) is 4.73. The van der Waals surface area contributed by atoms with E-state index in [0.29, 0.717) is 11.6 Å². The van der Waals surface area contributed by atoms with E-state index in [4.69, 9.17) is 13.9 Å². The Morgan fingerprint density at radius 1 is 1.04 bits per heavy atom. The van der Waals surface area contributed by atoms with Crippen molar-refractivity contribution in [1.82, 2.24) is 10.2 Å². The van der Waals surface area contributed by atoms with E-state index < -0.39 is 12.1 Å². The maximum Gasteiger partial charge on any atom is 0.344 e. The van der Waals surface area contributed by atoms with Crippen molar-refractivity contribution in [3.63, 3.8) is 0 Å². The molecule has 0 fully saturated rings. The maximum absolute atomic E-state index is 12.0. The zero-order valence-electron chi connectivity index (χ0n) is 15.9. The highest BCUT2D eigenvalue weighted by Gasteiger charge is 2.19. The van der Waals surface area contributed by atoms with Crippen LogP contribution in [-0.2, 0) is 9.53 Å². The van der Waals surface area contributed by atoms with Crippen molar-refractivity contribution in [3.8, 4) is 17.2 Å². The SMILES string of the molecule is Cc1ccc(-c2nnc([C@@H](C)OC(=O)COc3ccc(C)c(C)c3)o2)cc1. The van der Waals surface area contributed by atoms with Gasteiger partial charge in [0.2, 0.25) is 5.89 Å². The Morgan fingerprint density at radius 3 is 2.48 bits per heavy atom. The van der Waals surface area contributed by atoms with E-state index in [1.807, 2.05) is 63.2 Å². The lowest BCUT2D eigenvalue weighted by molar-refractivity contribution is -0.152. The molecule has 0 unspecified atom stereocenters. The Balaban J connectivity index is 1.56. The van der Waals surface area contributed by atoms with Gasteiger partial charge >= 0.3 is 5.97 Å². The van der Waals surface area contributed by atoms with Gasteiger partial charge in [-0.25, -0.2) is 4.79 Å². The summed E-state index contributed by atoms with van der Waals surface area (Å²) in [5, 5.41) is 7.99. The molecule has 27 heavy (non-hydrogen) atoms. The highest BCUT2D eigenvalue weighted by atomic mass is 16.6. The summed E-state index contributed by atoms with van der Waals surface area (Å²) in [6, 6.07) is 13.4. The predicted octanol–water partition coefficient (Wildman–Crippen LogP) is 4.35. The lowest BCUT2D eigenvalue weighted by atomic mass is 10.1. The Morgan fingerprint density at radius 2 is 1.78 bits per heavy atom. The van der Waals surface area contributed by atoms with Gasteiger partial charge in [-0.3, -0.25) is 0 Å². The first kappa shape index (κ1) is 18.6. The van der Waals surface area contributed by atoms with Crippen LogP contribution in [-0.4, -0.2) is 22.8 Å². The summed E-state index contributed by atoms with van der Waals surface area (Å²) in [5.74, 6) is 0.752. The summed E-state index contributed by atoms with van der Waals surface area (Å²) in [4.78, 5) is 12.0. The van der Waals surface area contributed by atoms with Crippen molar-refractivity contribution in [2.75, 3.05) is 6.61 Å². The molecule has 0 saturated heterocycles. The number of ether oxygens (including phenoxy) is 2. The number of aromatic nitrogens is 2. The van der Waals surface area contributed by atoms with Gasteiger partial charge in [-0.2, -0.15) is 0 Å². The highest BCUT2D eigenvalue weighted by molar-refractivity contribution is 5.71. The minimum atomic E-state index is -0.660. The van der Waals surface area contributed by atoms with Crippen LogP contribution in [0.25, 0.3) is 11.5 Å². The van der Waals surface area contributed by atoms with Crippen LogP contribution in [0.4, 0.5) is 0 Å². The van der Waals surface area contributed by atoms with Crippen LogP contribution in [0.15, 0.2) is 46.9 Å². The van der Waals surface area contributed by atoms with Gasteiger partial charge in [-0.1, -0.05) is 23.8 Å². The summed E-state index contributed by atoms with van der Waals surface area (Å²) in [7, 11) is 0. The Bertz CT molecular complexity index is 932. The lowest BCUT2D eigenvalue weighted by Crippen LogP contribution is -2.17. The second kappa shape index (κ2) is 8.03. The fraction of sp³-hybridized carbons (Fsp3) is 0.286. The average Bonchev–Trinajstić information content (AvgIpc) is 3.13. The van der Waals surface area contributed by atoms with E-state index >= 15 is 0 Å². The highest BCUT2D eigenvalue weighted by Crippen LogP contribution is 2.23. The molecule has 0 radical (unpaired) electrons. The van der Waals surface area contributed by atoms with Gasteiger partial charge in [0.05, 0.1) is 0 Å². The van der Waals surface area contributed by atoms with Crippen molar-refractivity contribution >= 4 is 5.97 Å². The van der Waals surface area contributed by atoms with Crippen LogP contribution >= 0.6 is 0 Å². The third-order valence-corrected chi connectivity index (χ3v) is 4.23. The fourth-order valence-corrected chi connectivity index (χ4v) is 2.44. The third-order valence-electron chi connectivity index (χ3n) is 4.23. The summed E-state index contributed by atoms with van der Waals surface area (Å²) >= 11 is 0. The molecule has 6 heteroatoms. The smallest absolute Gasteiger partial charge is 0.344 e. The quantitative estimate of drug-likeness (QED) is 0.604. The second-order valence-corrected chi connectivity index (χ2v) is 6.48. The van der Waals surface area contributed by atoms with E-state index in [0.717, 1.165) is 16.7 Å². The summed E-state index contributed by atoms with van der Waals surface area (Å²) in [6.45, 7) is 7.50. The van der Waals surface area contributed by atoms with Gasteiger partial charge in [0.1, 0.15) is 5.75 Å². The molecular formula is C21H22N2O4. The Labute approximate surface area is 158 Å². The van der Waals surface area contributed by atoms with E-state index in [9.17, 15) is 4.79 Å². The first-order valence-electron chi connectivity index (χ1n) is 8.72. The van der Waals surface area contributed by atoms with Gasteiger partial charge < -0.3 is 13.9 Å². The number of benzene rings is 2. The fourth-order valence-electron chi connectivity index (χ4n) is 2.44. The molecular weight excluding hydrogens is 344 g/mol. The topological polar surface area (TPSA) is 74.5 Å². The van der Waals surface area contributed by atoms with E-state index in [1.54, 1.807) is 6.92 Å². The molecule has 0 amide bonds. The largest absolute Gasteiger partial charge is 0.482 e. The summed E-state index contributed by atoms with van der Waals surface area (Å²) < 4.78 is 16.4. The lowest BCUT2D eigenvalue weighted by Gasteiger charge is -2.11. The second-order valence-electron chi connectivity index (χ2n) is 6.48. The molecule has 3 aromatic rings. The van der Waals surface area contributed by atoms with Crippen LogP contribution in [0.1, 0.15) is 35.6 Å². The molecule has 2 aromatic carbocycles. The molecule has 0 aliphatic heterocycles. The predicted molar refractivity (Wildman–Crippen MR) is 100 cm³/mol. The number of rotatable bonds is 6. The zero-order chi connectivity index (χ0) is 19.4. The van der Waals surface area contributed by atoms with Crippen molar-refractivity contribution in [2.24, 2.45) is 0 Å². The first-order chi connectivity index (χ1) is 12.9. The van der Waals surface area contributed by atoms with Crippen molar-refractivity contribution < 1.29 is 18.7 Å². The van der Waals surface area contributed by atoms with Gasteiger partial charge in [-0.05, 0) is 63.1 Å². The van der Waals surface area contributed by atoms with Crippen molar-refractivity contribution in [1.29, 1.82) is 0 Å². The summed E-state index contributed by atoms with van der Waals surface area (Å²) in [5.41, 5.74) is 4.23. The van der Waals surface area contributed by atoms with Crippen LogP contribution in [0.2, 0.25) is 0 Å². The molecule has 0 aliphatic rings. The molecule has 1 heterocycles. The monoisotopic (exact) mass is 366 g/mol. The van der Waals surface area contributed by atoms with Gasteiger partial charge in [0, 0.05) is 5.56 Å². The molecule has 0 spiro atoms. The minimum absolute atomic E-state index is 0.189. The van der Waals surface area contributed by atoms with Crippen LogP contribution < -0.4 is 4.74 Å². The maximum atomic E-state index is 12.0. The standard InChI is InChI=1S/C21H22N2O4/c1-13-5-8-17(9-6-13)21-23-22-20(27-21)16(4)26-19(24)12-25-18-10-7-14(2)15(3)11-18/h5-11,16H,12H2,1-4H3/t16-/m1/s1. The van der Waals surface area contributed by atoms with Gasteiger partial charge in [-0.15, -0.1) is 10.2 Å². The molecule has 3 rings (SSSR count). The van der Waals surface area contributed by atoms with Crippen molar-refractivity contribution in [3.05, 3.63) is 65.0 Å². The number of aryl methyl sites for hydroxylation is 3. The molecule has 1 aromatic heterocycles. The van der Waals surface area contributed by atoms with E-state index in [2.05, 4.69) is 10.2 Å².